The average molecular weight is 156 g/mol. The number of carbonyl (C=O) groups is 1. The first-order valence-corrected chi connectivity index (χ1v) is 3.27. The third kappa shape index (κ3) is 2.89. The lowest BCUT2D eigenvalue weighted by Gasteiger charge is -2.30. The molecule has 4 nitrogen and oxygen atoms in total. The monoisotopic (exact) mass is 156 g/mol. The SMILES string of the molecule is CC(C)(C)N(CC#N)C(=O)O. The van der Waals surface area contributed by atoms with E-state index in [2.05, 4.69) is 0 Å². The van der Waals surface area contributed by atoms with Crippen molar-refractivity contribution in [3.8, 4) is 6.07 Å². The van der Waals surface area contributed by atoms with Gasteiger partial charge in [-0.1, -0.05) is 0 Å². The van der Waals surface area contributed by atoms with Crippen LogP contribution in [-0.4, -0.2) is 28.2 Å². The van der Waals surface area contributed by atoms with E-state index in [1.807, 2.05) is 0 Å². The molecule has 0 unspecified atom stereocenters. The van der Waals surface area contributed by atoms with Crippen molar-refractivity contribution < 1.29 is 9.90 Å². The summed E-state index contributed by atoms with van der Waals surface area (Å²) in [5, 5.41) is 16.9. The molecule has 0 radical (unpaired) electrons. The molecule has 0 aromatic heterocycles. The fourth-order valence-electron chi connectivity index (χ4n) is 0.662. The van der Waals surface area contributed by atoms with Crippen LogP contribution in [0.4, 0.5) is 4.79 Å². The lowest BCUT2D eigenvalue weighted by atomic mass is 10.1. The third-order valence-electron chi connectivity index (χ3n) is 1.27. The van der Waals surface area contributed by atoms with Gasteiger partial charge in [-0.3, -0.25) is 4.90 Å². The molecular weight excluding hydrogens is 144 g/mol. The fourth-order valence-corrected chi connectivity index (χ4v) is 0.662. The minimum absolute atomic E-state index is 0.0845. The van der Waals surface area contributed by atoms with Gasteiger partial charge in [-0.05, 0) is 20.8 Å². The lowest BCUT2D eigenvalue weighted by molar-refractivity contribution is 0.109. The van der Waals surface area contributed by atoms with Crippen LogP contribution in [0.3, 0.4) is 0 Å². The van der Waals surface area contributed by atoms with E-state index >= 15 is 0 Å². The molecule has 1 N–H and O–H groups in total. The molecule has 62 valence electrons. The molecule has 0 spiro atoms. The molecule has 0 fully saturated rings. The maximum absolute atomic E-state index is 10.5. The summed E-state index contributed by atoms with van der Waals surface area (Å²) in [6.07, 6.45) is -1.06. The third-order valence-corrected chi connectivity index (χ3v) is 1.27. The molecule has 4 heteroatoms. The summed E-state index contributed by atoms with van der Waals surface area (Å²) in [5.74, 6) is 0. The minimum Gasteiger partial charge on any atom is -0.465 e. The molecule has 11 heavy (non-hydrogen) atoms. The number of amides is 1. The summed E-state index contributed by atoms with van der Waals surface area (Å²) in [6.45, 7) is 5.16. The van der Waals surface area contributed by atoms with Crippen LogP contribution in [0.5, 0.6) is 0 Å². The molecule has 0 saturated heterocycles. The molecule has 0 rings (SSSR count). The van der Waals surface area contributed by atoms with Gasteiger partial charge in [-0.15, -0.1) is 0 Å². The molecule has 0 aliphatic carbocycles. The van der Waals surface area contributed by atoms with Crippen molar-refractivity contribution in [3.63, 3.8) is 0 Å². The smallest absolute Gasteiger partial charge is 0.408 e. The van der Waals surface area contributed by atoms with Crippen molar-refractivity contribution in [2.24, 2.45) is 0 Å². The van der Waals surface area contributed by atoms with Crippen molar-refractivity contribution in [2.75, 3.05) is 6.54 Å². The predicted molar refractivity (Wildman–Crippen MR) is 40.1 cm³/mol. The number of nitrogens with zero attached hydrogens (tertiary/aromatic N) is 2. The Bertz CT molecular complexity index is 188. The van der Waals surface area contributed by atoms with Crippen molar-refractivity contribution in [1.29, 1.82) is 5.26 Å². The van der Waals surface area contributed by atoms with E-state index in [1.54, 1.807) is 26.8 Å². The zero-order chi connectivity index (χ0) is 9.07. The standard InChI is InChI=1S/C7H12N2O2/c1-7(2,3)9(5-4-8)6(10)11/h5H2,1-3H3,(H,10,11). The molecule has 0 saturated carbocycles. The normalized spacial score (nSPS) is 10.4. The predicted octanol–water partition coefficient (Wildman–Crippen LogP) is 1.29. The fraction of sp³-hybridized carbons (Fsp3) is 0.714. The van der Waals surface area contributed by atoms with Crippen LogP contribution in [-0.2, 0) is 0 Å². The Morgan fingerprint density at radius 2 is 2.09 bits per heavy atom. The highest BCUT2D eigenvalue weighted by Crippen LogP contribution is 2.11. The van der Waals surface area contributed by atoms with E-state index in [4.69, 9.17) is 10.4 Å². The van der Waals surface area contributed by atoms with Gasteiger partial charge in [0.2, 0.25) is 0 Å². The van der Waals surface area contributed by atoms with E-state index in [0.29, 0.717) is 0 Å². The molecule has 0 heterocycles. The highest BCUT2D eigenvalue weighted by molar-refractivity contribution is 5.66. The highest BCUT2D eigenvalue weighted by Gasteiger charge is 2.25. The first kappa shape index (κ1) is 9.76. The average Bonchev–Trinajstić information content (AvgIpc) is 1.79. The second-order valence-electron chi connectivity index (χ2n) is 3.20. The quantitative estimate of drug-likeness (QED) is 0.582. The summed E-state index contributed by atoms with van der Waals surface area (Å²) >= 11 is 0. The van der Waals surface area contributed by atoms with Gasteiger partial charge in [0.1, 0.15) is 6.54 Å². The van der Waals surface area contributed by atoms with Crippen molar-refractivity contribution in [3.05, 3.63) is 0 Å². The van der Waals surface area contributed by atoms with Crippen LogP contribution >= 0.6 is 0 Å². The molecule has 0 bridgehead atoms. The largest absolute Gasteiger partial charge is 0.465 e. The van der Waals surface area contributed by atoms with Gasteiger partial charge >= 0.3 is 6.09 Å². The molecule has 0 aromatic carbocycles. The maximum atomic E-state index is 10.5. The van der Waals surface area contributed by atoms with Crippen molar-refractivity contribution >= 4 is 6.09 Å². The van der Waals surface area contributed by atoms with Crippen LogP contribution in [0.2, 0.25) is 0 Å². The van der Waals surface area contributed by atoms with Gasteiger partial charge in [0.25, 0.3) is 0 Å². The lowest BCUT2D eigenvalue weighted by Crippen LogP contribution is -2.44. The second-order valence-corrected chi connectivity index (χ2v) is 3.20. The zero-order valence-electron chi connectivity index (χ0n) is 6.96. The van der Waals surface area contributed by atoms with Gasteiger partial charge in [-0.25, -0.2) is 4.79 Å². The topological polar surface area (TPSA) is 64.3 Å². The highest BCUT2D eigenvalue weighted by atomic mass is 16.4. The van der Waals surface area contributed by atoms with Crippen LogP contribution in [0, 0.1) is 11.3 Å². The Morgan fingerprint density at radius 1 is 1.64 bits per heavy atom. The molecule has 0 aliphatic rings. The molecule has 1 amide bonds. The molecule has 0 aromatic rings. The van der Waals surface area contributed by atoms with Crippen LogP contribution in [0.1, 0.15) is 20.8 Å². The van der Waals surface area contributed by atoms with Gasteiger partial charge in [0.15, 0.2) is 0 Å². The van der Waals surface area contributed by atoms with Crippen LogP contribution in [0.25, 0.3) is 0 Å². The summed E-state index contributed by atoms with van der Waals surface area (Å²) in [4.78, 5) is 11.6. The molecular formula is C7H12N2O2. The second kappa shape index (κ2) is 3.24. The van der Waals surface area contributed by atoms with E-state index in [1.165, 1.54) is 0 Å². The number of rotatable bonds is 1. The van der Waals surface area contributed by atoms with Crippen molar-refractivity contribution in [2.45, 2.75) is 26.3 Å². The summed E-state index contributed by atoms with van der Waals surface area (Å²) in [5.41, 5.74) is -0.498. The summed E-state index contributed by atoms with van der Waals surface area (Å²) in [7, 11) is 0. The Morgan fingerprint density at radius 3 is 2.18 bits per heavy atom. The molecule has 0 atom stereocenters. The van der Waals surface area contributed by atoms with E-state index in [0.717, 1.165) is 4.90 Å². The van der Waals surface area contributed by atoms with Crippen LogP contribution < -0.4 is 0 Å². The summed E-state index contributed by atoms with van der Waals surface area (Å²) < 4.78 is 0. The Labute approximate surface area is 66.0 Å². The van der Waals surface area contributed by atoms with Gasteiger partial charge in [0.05, 0.1) is 6.07 Å². The van der Waals surface area contributed by atoms with E-state index in [9.17, 15) is 4.79 Å². The number of hydrogen-bond acceptors (Lipinski definition) is 2. The van der Waals surface area contributed by atoms with E-state index < -0.39 is 11.6 Å². The van der Waals surface area contributed by atoms with Crippen molar-refractivity contribution in [1.82, 2.24) is 4.90 Å². The Kier molecular flexibility index (Phi) is 2.87. The van der Waals surface area contributed by atoms with Crippen LogP contribution in [0.15, 0.2) is 0 Å². The van der Waals surface area contributed by atoms with E-state index in [-0.39, 0.29) is 6.54 Å². The van der Waals surface area contributed by atoms with Gasteiger partial charge < -0.3 is 5.11 Å². The Balaban J connectivity index is 4.38. The first-order chi connectivity index (χ1) is 4.89. The summed E-state index contributed by atoms with van der Waals surface area (Å²) in [6, 6.07) is 1.80. The number of carboxylic acid groups (broad SMARTS) is 1. The number of hydrogen-bond donors (Lipinski definition) is 1. The molecule has 0 aliphatic heterocycles. The Hall–Kier alpha value is -1.24. The number of nitriles is 1. The first-order valence-electron chi connectivity index (χ1n) is 3.27. The maximum Gasteiger partial charge on any atom is 0.408 e. The van der Waals surface area contributed by atoms with Gasteiger partial charge in [-0.2, -0.15) is 5.26 Å². The zero-order valence-corrected chi connectivity index (χ0v) is 6.96. The minimum atomic E-state index is -1.06. The van der Waals surface area contributed by atoms with Gasteiger partial charge in [0, 0.05) is 5.54 Å².